The highest BCUT2D eigenvalue weighted by molar-refractivity contribution is 5.81. The van der Waals surface area contributed by atoms with E-state index >= 15 is 0 Å². The van der Waals surface area contributed by atoms with Gasteiger partial charge in [0.2, 0.25) is 6.43 Å². The summed E-state index contributed by atoms with van der Waals surface area (Å²) in [5.74, 6) is -0.507. The quantitative estimate of drug-likeness (QED) is 0.354. The van der Waals surface area contributed by atoms with E-state index in [1.54, 1.807) is 0 Å². The number of hydrogen-bond donors (Lipinski definition) is 0. The molecule has 0 N–H and O–H groups in total. The third-order valence-corrected chi connectivity index (χ3v) is 1.23. The maximum atomic E-state index is 11.6. The molecule has 12 heavy (non-hydrogen) atoms. The lowest BCUT2D eigenvalue weighted by molar-refractivity contribution is -0.137. The van der Waals surface area contributed by atoms with Crippen LogP contribution in [0.15, 0.2) is 12.7 Å². The van der Waals surface area contributed by atoms with Crippen LogP contribution in [0.3, 0.4) is 0 Å². The molecule has 0 spiro atoms. The second-order valence-electron chi connectivity index (χ2n) is 2.26. The lowest BCUT2D eigenvalue weighted by Gasteiger charge is -2.00. The number of rotatable bonds is 6. The summed E-state index contributed by atoms with van der Waals surface area (Å²) in [5, 5.41) is 0. The third-order valence-electron chi connectivity index (χ3n) is 1.23. The average molecular weight is 178 g/mol. The van der Waals surface area contributed by atoms with Gasteiger partial charge in [0.1, 0.15) is 0 Å². The summed E-state index contributed by atoms with van der Waals surface area (Å²) in [6, 6.07) is 0. The SMILES string of the molecule is C=CC(=O)OCCCCC(F)F. The van der Waals surface area contributed by atoms with E-state index in [1.165, 1.54) is 0 Å². The summed E-state index contributed by atoms with van der Waals surface area (Å²) in [7, 11) is 0. The molecule has 0 fully saturated rings. The van der Waals surface area contributed by atoms with Crippen molar-refractivity contribution < 1.29 is 18.3 Å². The molecule has 2 nitrogen and oxygen atoms in total. The minimum Gasteiger partial charge on any atom is -0.463 e. The van der Waals surface area contributed by atoms with Gasteiger partial charge in [-0.1, -0.05) is 6.58 Å². The van der Waals surface area contributed by atoms with Crippen LogP contribution in [-0.2, 0) is 9.53 Å². The van der Waals surface area contributed by atoms with Crippen molar-refractivity contribution in [2.45, 2.75) is 25.7 Å². The molecular weight excluding hydrogens is 166 g/mol. The van der Waals surface area contributed by atoms with Crippen molar-refractivity contribution in [3.05, 3.63) is 12.7 Å². The van der Waals surface area contributed by atoms with E-state index in [9.17, 15) is 13.6 Å². The molecule has 0 amide bonds. The molecule has 70 valence electrons. The molecule has 0 saturated carbocycles. The van der Waals surface area contributed by atoms with Gasteiger partial charge in [0.15, 0.2) is 0 Å². The molecule has 0 saturated heterocycles. The van der Waals surface area contributed by atoms with E-state index in [2.05, 4.69) is 11.3 Å². The molecule has 0 aliphatic rings. The van der Waals surface area contributed by atoms with E-state index in [-0.39, 0.29) is 13.0 Å². The van der Waals surface area contributed by atoms with Crippen molar-refractivity contribution >= 4 is 5.97 Å². The van der Waals surface area contributed by atoms with Crippen molar-refractivity contribution in [1.82, 2.24) is 0 Å². The lowest BCUT2D eigenvalue weighted by Crippen LogP contribution is -2.02. The van der Waals surface area contributed by atoms with Crippen molar-refractivity contribution in [3.63, 3.8) is 0 Å². The minimum atomic E-state index is -2.26. The van der Waals surface area contributed by atoms with Crippen LogP contribution in [-0.4, -0.2) is 19.0 Å². The van der Waals surface area contributed by atoms with E-state index in [0.717, 1.165) is 6.08 Å². The van der Waals surface area contributed by atoms with E-state index in [4.69, 9.17) is 0 Å². The molecule has 0 aliphatic carbocycles. The Labute approximate surface area is 70.2 Å². The van der Waals surface area contributed by atoms with Gasteiger partial charge < -0.3 is 4.74 Å². The monoisotopic (exact) mass is 178 g/mol. The average Bonchev–Trinajstić information content (AvgIpc) is 2.03. The molecular formula is C8H12F2O2. The first kappa shape index (κ1) is 11.1. The number of hydrogen-bond acceptors (Lipinski definition) is 2. The number of unbranched alkanes of at least 4 members (excludes halogenated alkanes) is 1. The maximum Gasteiger partial charge on any atom is 0.330 e. The Bertz CT molecular complexity index is 146. The fraction of sp³-hybridized carbons (Fsp3) is 0.625. The second-order valence-corrected chi connectivity index (χ2v) is 2.26. The van der Waals surface area contributed by atoms with Gasteiger partial charge >= 0.3 is 5.97 Å². The summed E-state index contributed by atoms with van der Waals surface area (Å²) >= 11 is 0. The summed E-state index contributed by atoms with van der Waals surface area (Å²) < 4.78 is 27.7. The standard InChI is InChI=1S/C8H12F2O2/c1-2-8(11)12-6-4-3-5-7(9)10/h2,7H,1,3-6H2. The van der Waals surface area contributed by atoms with Gasteiger partial charge in [-0.15, -0.1) is 0 Å². The van der Waals surface area contributed by atoms with Gasteiger partial charge in [0.05, 0.1) is 6.61 Å². The molecule has 0 aromatic heterocycles. The number of carbonyl (C=O) groups is 1. The van der Waals surface area contributed by atoms with Crippen molar-refractivity contribution in [3.8, 4) is 0 Å². The molecule has 0 heterocycles. The van der Waals surface area contributed by atoms with Crippen molar-refractivity contribution in [2.75, 3.05) is 6.61 Å². The largest absolute Gasteiger partial charge is 0.463 e. The zero-order valence-corrected chi connectivity index (χ0v) is 6.76. The van der Waals surface area contributed by atoms with Gasteiger partial charge in [0, 0.05) is 12.5 Å². The first-order chi connectivity index (χ1) is 5.66. The Balaban J connectivity index is 3.11. The molecule has 0 rings (SSSR count). The normalized spacial score (nSPS) is 9.92. The first-order valence-electron chi connectivity index (χ1n) is 3.74. The minimum absolute atomic E-state index is 0.133. The predicted molar refractivity (Wildman–Crippen MR) is 41.0 cm³/mol. The first-order valence-corrected chi connectivity index (χ1v) is 3.74. The fourth-order valence-corrected chi connectivity index (χ4v) is 0.632. The smallest absolute Gasteiger partial charge is 0.330 e. The molecule has 0 radical (unpaired) electrons. The van der Waals surface area contributed by atoms with Gasteiger partial charge in [-0.3, -0.25) is 0 Å². The zero-order valence-electron chi connectivity index (χ0n) is 6.76. The van der Waals surface area contributed by atoms with E-state index in [0.29, 0.717) is 12.8 Å². The van der Waals surface area contributed by atoms with Crippen LogP contribution in [0.1, 0.15) is 19.3 Å². The van der Waals surface area contributed by atoms with Crippen LogP contribution in [0.4, 0.5) is 8.78 Å². The number of esters is 1. The van der Waals surface area contributed by atoms with Crippen LogP contribution in [0.5, 0.6) is 0 Å². The second kappa shape index (κ2) is 6.76. The highest BCUT2D eigenvalue weighted by Crippen LogP contribution is 2.05. The Morgan fingerprint density at radius 1 is 1.50 bits per heavy atom. The topological polar surface area (TPSA) is 26.3 Å². The van der Waals surface area contributed by atoms with E-state index < -0.39 is 12.4 Å². The molecule has 0 unspecified atom stereocenters. The van der Waals surface area contributed by atoms with Crippen molar-refractivity contribution in [1.29, 1.82) is 0 Å². The number of ether oxygens (including phenoxy) is 1. The molecule has 0 aromatic carbocycles. The zero-order chi connectivity index (χ0) is 9.40. The van der Waals surface area contributed by atoms with Crippen LogP contribution in [0, 0.1) is 0 Å². The highest BCUT2D eigenvalue weighted by Gasteiger charge is 2.01. The van der Waals surface area contributed by atoms with E-state index in [1.807, 2.05) is 0 Å². The third kappa shape index (κ3) is 7.18. The lowest BCUT2D eigenvalue weighted by atomic mass is 10.2. The van der Waals surface area contributed by atoms with Crippen LogP contribution in [0.25, 0.3) is 0 Å². The Hall–Kier alpha value is -0.930. The number of carbonyl (C=O) groups excluding carboxylic acids is 1. The summed E-state index contributed by atoms with van der Waals surface area (Å²) in [4.78, 5) is 10.4. The van der Waals surface area contributed by atoms with Crippen LogP contribution in [0.2, 0.25) is 0 Å². The maximum absolute atomic E-state index is 11.6. The Morgan fingerprint density at radius 3 is 2.67 bits per heavy atom. The van der Waals surface area contributed by atoms with Crippen LogP contribution < -0.4 is 0 Å². The van der Waals surface area contributed by atoms with Crippen molar-refractivity contribution in [2.24, 2.45) is 0 Å². The fourth-order valence-electron chi connectivity index (χ4n) is 0.632. The Kier molecular flexibility index (Phi) is 6.24. The molecule has 4 heteroatoms. The highest BCUT2D eigenvalue weighted by atomic mass is 19.3. The molecule has 0 bridgehead atoms. The number of alkyl halides is 2. The molecule has 0 atom stereocenters. The summed E-state index contributed by atoms with van der Waals surface area (Å²) in [5.41, 5.74) is 0. The van der Waals surface area contributed by atoms with Gasteiger partial charge in [-0.05, 0) is 12.8 Å². The predicted octanol–water partition coefficient (Wildman–Crippen LogP) is 2.15. The van der Waals surface area contributed by atoms with Gasteiger partial charge in [0.25, 0.3) is 0 Å². The van der Waals surface area contributed by atoms with Crippen LogP contribution >= 0.6 is 0 Å². The summed E-state index contributed by atoms with van der Waals surface area (Å²) in [6.07, 6.45) is -0.495. The summed E-state index contributed by atoms with van der Waals surface area (Å²) in [6.45, 7) is 3.39. The molecule has 0 aliphatic heterocycles. The Morgan fingerprint density at radius 2 is 2.17 bits per heavy atom. The van der Waals surface area contributed by atoms with Gasteiger partial charge in [-0.2, -0.15) is 0 Å². The molecule has 0 aromatic rings. The van der Waals surface area contributed by atoms with Gasteiger partial charge in [-0.25, -0.2) is 13.6 Å². The number of halogens is 2.